The molecule has 0 aliphatic heterocycles. The van der Waals surface area contributed by atoms with Crippen molar-refractivity contribution in [2.24, 2.45) is 0 Å². The Labute approximate surface area is 62.2 Å². The average molecular weight is 142 g/mol. The number of rotatable bonds is 4. The van der Waals surface area contributed by atoms with E-state index in [-0.39, 0.29) is 6.10 Å². The van der Waals surface area contributed by atoms with Crippen LogP contribution in [0.4, 0.5) is 0 Å². The number of hydrogen-bond acceptors (Lipinski definition) is 3. The first kappa shape index (κ1) is 9.25. The van der Waals surface area contributed by atoms with Crippen molar-refractivity contribution in [3.05, 3.63) is 0 Å². The van der Waals surface area contributed by atoms with Gasteiger partial charge >= 0.3 is 0 Å². The van der Waals surface area contributed by atoms with Crippen molar-refractivity contribution in [3.63, 3.8) is 0 Å². The molecule has 3 nitrogen and oxygen atoms in total. The van der Waals surface area contributed by atoms with Crippen LogP contribution < -0.4 is 0 Å². The van der Waals surface area contributed by atoms with Gasteiger partial charge in [-0.2, -0.15) is 5.26 Å². The Bertz CT molecular complexity index is 117. The summed E-state index contributed by atoms with van der Waals surface area (Å²) in [5, 5.41) is 8.32. The molecule has 3 heteroatoms. The number of nitrogens with zero attached hydrogens (tertiary/aromatic N) is 2. The second-order valence-corrected chi connectivity index (χ2v) is 2.44. The highest BCUT2D eigenvalue weighted by Gasteiger charge is 1.94. The van der Waals surface area contributed by atoms with E-state index in [2.05, 4.69) is 0 Å². The highest BCUT2D eigenvalue weighted by atomic mass is 16.5. The summed E-state index contributed by atoms with van der Waals surface area (Å²) in [5.41, 5.74) is 0. The summed E-state index contributed by atoms with van der Waals surface area (Å²) < 4.78 is 5.22. The highest BCUT2D eigenvalue weighted by molar-refractivity contribution is 4.67. The standard InChI is InChI=1S/C7H14N2O/c1-7(2)10-5-4-9(3)6-8/h7H,4-5H2,1-3H3. The summed E-state index contributed by atoms with van der Waals surface area (Å²) in [5.74, 6) is 0. The Hall–Kier alpha value is -0.750. The Kier molecular flexibility index (Phi) is 4.69. The van der Waals surface area contributed by atoms with E-state index in [1.807, 2.05) is 20.0 Å². The van der Waals surface area contributed by atoms with Crippen LogP contribution in [0.15, 0.2) is 0 Å². The maximum Gasteiger partial charge on any atom is 0.179 e. The van der Waals surface area contributed by atoms with Crippen LogP contribution in [0.25, 0.3) is 0 Å². The van der Waals surface area contributed by atoms with Crippen LogP contribution in [0, 0.1) is 11.5 Å². The van der Waals surface area contributed by atoms with E-state index in [4.69, 9.17) is 10.00 Å². The third-order valence-electron chi connectivity index (χ3n) is 1.05. The summed E-state index contributed by atoms with van der Waals surface area (Å²) in [6.07, 6.45) is 2.25. The van der Waals surface area contributed by atoms with Gasteiger partial charge in [-0.25, -0.2) is 0 Å². The molecule has 0 unspecified atom stereocenters. The van der Waals surface area contributed by atoms with Gasteiger partial charge < -0.3 is 9.64 Å². The van der Waals surface area contributed by atoms with Gasteiger partial charge in [0.25, 0.3) is 0 Å². The topological polar surface area (TPSA) is 36.3 Å². The smallest absolute Gasteiger partial charge is 0.179 e. The summed E-state index contributed by atoms with van der Waals surface area (Å²) in [6.45, 7) is 5.26. The lowest BCUT2D eigenvalue weighted by Gasteiger charge is -2.10. The summed E-state index contributed by atoms with van der Waals surface area (Å²) in [4.78, 5) is 1.54. The molecular formula is C7H14N2O. The van der Waals surface area contributed by atoms with Gasteiger partial charge in [0.1, 0.15) is 0 Å². The summed E-state index contributed by atoms with van der Waals surface area (Å²) >= 11 is 0. The largest absolute Gasteiger partial charge is 0.377 e. The molecule has 0 bridgehead atoms. The molecule has 0 aliphatic rings. The van der Waals surface area contributed by atoms with Gasteiger partial charge in [-0.3, -0.25) is 0 Å². The van der Waals surface area contributed by atoms with Crippen LogP contribution in [-0.4, -0.2) is 31.2 Å². The lowest BCUT2D eigenvalue weighted by Crippen LogP contribution is -2.19. The minimum absolute atomic E-state index is 0.257. The van der Waals surface area contributed by atoms with Crippen LogP contribution in [0.2, 0.25) is 0 Å². The first-order valence-electron chi connectivity index (χ1n) is 3.39. The predicted octanol–water partition coefficient (Wildman–Crippen LogP) is 0.824. The van der Waals surface area contributed by atoms with Gasteiger partial charge in [0.15, 0.2) is 6.19 Å². The molecular weight excluding hydrogens is 128 g/mol. The molecule has 0 aromatic heterocycles. The van der Waals surface area contributed by atoms with Crippen LogP contribution in [0.1, 0.15) is 13.8 Å². The molecule has 0 aliphatic carbocycles. The van der Waals surface area contributed by atoms with Crippen LogP contribution in [0.3, 0.4) is 0 Å². The molecule has 0 saturated carbocycles. The Morgan fingerprint density at radius 3 is 2.60 bits per heavy atom. The van der Waals surface area contributed by atoms with Crippen LogP contribution in [-0.2, 0) is 4.74 Å². The molecule has 0 fully saturated rings. The van der Waals surface area contributed by atoms with E-state index >= 15 is 0 Å². The van der Waals surface area contributed by atoms with Crippen molar-refractivity contribution in [1.82, 2.24) is 4.90 Å². The number of ether oxygens (including phenoxy) is 1. The summed E-state index contributed by atoms with van der Waals surface area (Å²) in [7, 11) is 1.74. The SMILES string of the molecule is CC(C)OCCN(C)C#N. The van der Waals surface area contributed by atoms with Crippen LogP contribution in [0.5, 0.6) is 0 Å². The normalized spacial score (nSPS) is 9.50. The van der Waals surface area contributed by atoms with Crippen molar-refractivity contribution in [2.45, 2.75) is 20.0 Å². The summed E-state index contributed by atoms with van der Waals surface area (Å²) in [6, 6.07) is 0. The molecule has 0 amide bonds. The fraction of sp³-hybridized carbons (Fsp3) is 0.857. The molecule has 0 heterocycles. The second-order valence-electron chi connectivity index (χ2n) is 2.44. The van der Waals surface area contributed by atoms with Gasteiger partial charge in [0, 0.05) is 7.05 Å². The van der Waals surface area contributed by atoms with E-state index in [9.17, 15) is 0 Å². The van der Waals surface area contributed by atoms with E-state index in [1.165, 1.54) is 0 Å². The van der Waals surface area contributed by atoms with Gasteiger partial charge in [0.05, 0.1) is 19.3 Å². The zero-order valence-electron chi connectivity index (χ0n) is 6.79. The predicted molar refractivity (Wildman–Crippen MR) is 39.3 cm³/mol. The fourth-order valence-electron chi connectivity index (χ4n) is 0.475. The zero-order chi connectivity index (χ0) is 7.98. The minimum atomic E-state index is 0.257. The van der Waals surface area contributed by atoms with E-state index in [1.54, 1.807) is 11.9 Å². The van der Waals surface area contributed by atoms with E-state index in [0.717, 1.165) is 0 Å². The molecule has 58 valence electrons. The Morgan fingerprint density at radius 1 is 1.60 bits per heavy atom. The van der Waals surface area contributed by atoms with Crippen LogP contribution >= 0.6 is 0 Å². The Balaban J connectivity index is 3.13. The first-order valence-corrected chi connectivity index (χ1v) is 3.39. The maximum atomic E-state index is 8.32. The van der Waals surface area contributed by atoms with Crippen molar-refractivity contribution >= 4 is 0 Å². The molecule has 0 saturated heterocycles. The van der Waals surface area contributed by atoms with Gasteiger partial charge in [-0.1, -0.05) is 0 Å². The monoisotopic (exact) mass is 142 g/mol. The quantitative estimate of drug-likeness (QED) is 0.431. The lowest BCUT2D eigenvalue weighted by molar-refractivity contribution is 0.0712. The molecule has 0 aromatic carbocycles. The molecule has 10 heavy (non-hydrogen) atoms. The molecule has 0 aromatic rings. The zero-order valence-corrected chi connectivity index (χ0v) is 6.79. The maximum absolute atomic E-state index is 8.32. The lowest BCUT2D eigenvalue weighted by atomic mass is 10.5. The Morgan fingerprint density at radius 2 is 2.20 bits per heavy atom. The van der Waals surface area contributed by atoms with E-state index in [0.29, 0.717) is 13.2 Å². The molecule has 0 rings (SSSR count). The van der Waals surface area contributed by atoms with E-state index < -0.39 is 0 Å². The van der Waals surface area contributed by atoms with Crippen molar-refractivity contribution in [2.75, 3.05) is 20.2 Å². The highest BCUT2D eigenvalue weighted by Crippen LogP contribution is 1.87. The molecule has 0 radical (unpaired) electrons. The molecule has 0 N–H and O–H groups in total. The molecule has 0 atom stereocenters. The third-order valence-corrected chi connectivity index (χ3v) is 1.05. The second kappa shape index (κ2) is 5.07. The molecule has 0 spiro atoms. The first-order chi connectivity index (χ1) is 4.66. The third kappa shape index (κ3) is 5.39. The number of nitriles is 1. The minimum Gasteiger partial charge on any atom is -0.377 e. The van der Waals surface area contributed by atoms with Crippen molar-refractivity contribution in [3.8, 4) is 6.19 Å². The van der Waals surface area contributed by atoms with Crippen molar-refractivity contribution < 1.29 is 4.74 Å². The average Bonchev–Trinajstić information content (AvgIpc) is 1.87. The van der Waals surface area contributed by atoms with Crippen molar-refractivity contribution in [1.29, 1.82) is 5.26 Å². The number of hydrogen-bond donors (Lipinski definition) is 0. The van der Waals surface area contributed by atoms with Gasteiger partial charge in [-0.05, 0) is 13.8 Å². The van der Waals surface area contributed by atoms with Gasteiger partial charge in [-0.15, -0.1) is 0 Å². The number of likely N-dealkylation sites (N-methyl/N-ethyl adjacent to an activating group) is 1. The van der Waals surface area contributed by atoms with Gasteiger partial charge in [0.2, 0.25) is 0 Å². The fourth-order valence-corrected chi connectivity index (χ4v) is 0.475.